The second-order valence-corrected chi connectivity index (χ2v) is 6.00. The first-order valence-corrected chi connectivity index (χ1v) is 8.48. The van der Waals surface area contributed by atoms with Crippen molar-refractivity contribution < 1.29 is 14.1 Å². The second-order valence-electron chi connectivity index (χ2n) is 6.00. The van der Waals surface area contributed by atoms with Gasteiger partial charge in [0.2, 0.25) is 0 Å². The third-order valence-electron chi connectivity index (χ3n) is 4.22. The minimum atomic E-state index is -0.568. The molecule has 1 amide bonds. The summed E-state index contributed by atoms with van der Waals surface area (Å²) in [6.45, 7) is 2.09. The van der Waals surface area contributed by atoms with Crippen molar-refractivity contribution in [3.63, 3.8) is 0 Å². The number of fused-ring (bicyclic) bond motifs is 1. The van der Waals surface area contributed by atoms with Crippen molar-refractivity contribution in [2.75, 3.05) is 0 Å². The van der Waals surface area contributed by atoms with Gasteiger partial charge in [0.05, 0.1) is 11.8 Å². The van der Waals surface area contributed by atoms with E-state index in [0.29, 0.717) is 29.9 Å². The number of hydrogen-bond donors (Lipinski definition) is 1. The van der Waals surface area contributed by atoms with Gasteiger partial charge >= 0.3 is 5.88 Å². The average Bonchev–Trinajstić information content (AvgIpc) is 3.10. The number of benzene rings is 1. The number of nitrogens with zero attached hydrogens (tertiary/aromatic N) is 2. The van der Waals surface area contributed by atoms with Gasteiger partial charge in [-0.1, -0.05) is 31.2 Å². The summed E-state index contributed by atoms with van der Waals surface area (Å²) in [7, 11) is 0. The molecule has 0 saturated carbocycles. The molecular weight excluding hydrogens is 334 g/mol. The summed E-state index contributed by atoms with van der Waals surface area (Å²) in [5, 5.41) is 15.0. The SMILES string of the molecule is CCc1ccc(/C=C/C(=O)N/N=C2\CCCc3oc([N+](=O)[O-])cc32)cc1. The van der Waals surface area contributed by atoms with Crippen LogP contribution in [0.3, 0.4) is 0 Å². The third-order valence-corrected chi connectivity index (χ3v) is 4.22. The topological polar surface area (TPSA) is 97.7 Å². The highest BCUT2D eigenvalue weighted by Gasteiger charge is 2.25. The van der Waals surface area contributed by atoms with Crippen LogP contribution >= 0.6 is 0 Å². The largest absolute Gasteiger partial charge is 0.433 e. The molecule has 1 aromatic heterocycles. The van der Waals surface area contributed by atoms with Crippen LogP contribution in [0, 0.1) is 10.1 Å². The van der Waals surface area contributed by atoms with Gasteiger partial charge in [0, 0.05) is 18.1 Å². The Hall–Kier alpha value is -3.22. The first kappa shape index (κ1) is 17.6. The number of hydrazone groups is 1. The smallest absolute Gasteiger partial charge is 0.405 e. The molecule has 1 aliphatic carbocycles. The van der Waals surface area contributed by atoms with Crippen LogP contribution in [0.1, 0.15) is 42.2 Å². The zero-order valence-electron chi connectivity index (χ0n) is 14.4. The summed E-state index contributed by atoms with van der Waals surface area (Å²) in [5.74, 6) is -0.115. The number of amides is 1. The maximum atomic E-state index is 12.0. The number of nitrogens with one attached hydrogen (secondary N) is 1. The molecule has 1 N–H and O–H groups in total. The Bertz CT molecular complexity index is 879. The fourth-order valence-corrected chi connectivity index (χ4v) is 2.80. The Morgan fingerprint density at radius 1 is 1.35 bits per heavy atom. The fraction of sp³-hybridized carbons (Fsp3) is 0.263. The van der Waals surface area contributed by atoms with Crippen LogP contribution in [0.15, 0.2) is 45.9 Å². The van der Waals surface area contributed by atoms with Crippen LogP contribution in [-0.2, 0) is 17.6 Å². The van der Waals surface area contributed by atoms with E-state index in [2.05, 4.69) is 17.5 Å². The molecule has 7 nitrogen and oxygen atoms in total. The zero-order valence-corrected chi connectivity index (χ0v) is 14.4. The van der Waals surface area contributed by atoms with E-state index in [4.69, 9.17) is 4.42 Å². The number of hydrogen-bond acceptors (Lipinski definition) is 5. The van der Waals surface area contributed by atoms with Crippen LogP contribution in [-0.4, -0.2) is 16.5 Å². The van der Waals surface area contributed by atoms with Crippen molar-refractivity contribution in [1.82, 2.24) is 5.43 Å². The fourth-order valence-electron chi connectivity index (χ4n) is 2.80. The standard InChI is InChI=1S/C19H19N3O4/c1-2-13-6-8-14(9-7-13)10-11-18(23)21-20-16-4-3-5-17-15(16)12-19(26-17)22(24)25/h6-12H,2-5H2,1H3,(H,21,23)/b11-10+,20-16+. The normalized spacial score (nSPS) is 15.2. The van der Waals surface area contributed by atoms with Crippen LogP contribution in [0.2, 0.25) is 0 Å². The molecule has 26 heavy (non-hydrogen) atoms. The summed E-state index contributed by atoms with van der Waals surface area (Å²) in [5.41, 5.74) is 5.83. The molecule has 0 fully saturated rings. The highest BCUT2D eigenvalue weighted by molar-refractivity contribution is 6.03. The van der Waals surface area contributed by atoms with E-state index in [-0.39, 0.29) is 11.8 Å². The Morgan fingerprint density at radius 3 is 2.81 bits per heavy atom. The Balaban J connectivity index is 1.67. The van der Waals surface area contributed by atoms with E-state index < -0.39 is 4.92 Å². The molecule has 134 valence electrons. The predicted molar refractivity (Wildman–Crippen MR) is 97.8 cm³/mol. The molecule has 7 heteroatoms. The van der Waals surface area contributed by atoms with Crippen LogP contribution in [0.25, 0.3) is 6.08 Å². The van der Waals surface area contributed by atoms with E-state index in [1.807, 2.05) is 24.3 Å². The number of aryl methyl sites for hydroxylation is 2. The summed E-state index contributed by atoms with van der Waals surface area (Å²) in [6, 6.07) is 9.31. The van der Waals surface area contributed by atoms with Gasteiger partial charge in [-0.25, -0.2) is 5.43 Å². The van der Waals surface area contributed by atoms with Gasteiger partial charge in [0.25, 0.3) is 5.91 Å². The van der Waals surface area contributed by atoms with E-state index in [1.165, 1.54) is 17.7 Å². The van der Waals surface area contributed by atoms with E-state index >= 15 is 0 Å². The number of furan rings is 1. The van der Waals surface area contributed by atoms with Gasteiger partial charge < -0.3 is 4.42 Å². The van der Waals surface area contributed by atoms with Gasteiger partial charge in [-0.3, -0.25) is 14.9 Å². The lowest BCUT2D eigenvalue weighted by atomic mass is 9.97. The number of carbonyl (C=O) groups excluding carboxylic acids is 1. The minimum Gasteiger partial charge on any atom is -0.405 e. The molecule has 0 unspecified atom stereocenters. The molecule has 1 heterocycles. The van der Waals surface area contributed by atoms with Crippen LogP contribution in [0.4, 0.5) is 5.88 Å². The molecule has 0 spiro atoms. The maximum Gasteiger partial charge on any atom is 0.433 e. The molecule has 0 atom stereocenters. The van der Waals surface area contributed by atoms with Crippen molar-refractivity contribution in [1.29, 1.82) is 0 Å². The molecule has 0 aliphatic heterocycles. The first-order chi connectivity index (χ1) is 12.6. The summed E-state index contributed by atoms with van der Waals surface area (Å²) in [4.78, 5) is 22.2. The van der Waals surface area contributed by atoms with Crippen molar-refractivity contribution in [3.05, 3.63) is 69.0 Å². The highest BCUT2D eigenvalue weighted by atomic mass is 16.6. The van der Waals surface area contributed by atoms with Gasteiger partial charge in [0.1, 0.15) is 10.7 Å². The quantitative estimate of drug-likeness (QED) is 0.504. The lowest BCUT2D eigenvalue weighted by molar-refractivity contribution is -0.402. The number of rotatable bonds is 5. The highest BCUT2D eigenvalue weighted by Crippen LogP contribution is 2.28. The van der Waals surface area contributed by atoms with Crippen LogP contribution in [0.5, 0.6) is 0 Å². The monoisotopic (exact) mass is 353 g/mol. The molecular formula is C19H19N3O4. The predicted octanol–water partition coefficient (Wildman–Crippen LogP) is 3.62. The molecule has 1 aromatic carbocycles. The number of nitro groups is 1. The maximum absolute atomic E-state index is 12.0. The van der Waals surface area contributed by atoms with E-state index in [1.54, 1.807) is 6.08 Å². The van der Waals surface area contributed by atoms with Crippen LogP contribution < -0.4 is 5.43 Å². The van der Waals surface area contributed by atoms with Gasteiger partial charge in [-0.15, -0.1) is 0 Å². The Kier molecular flexibility index (Phi) is 5.26. The van der Waals surface area contributed by atoms with Crippen molar-refractivity contribution in [2.24, 2.45) is 5.10 Å². The molecule has 0 saturated heterocycles. The van der Waals surface area contributed by atoms with E-state index in [9.17, 15) is 14.9 Å². The average molecular weight is 353 g/mol. The summed E-state index contributed by atoms with van der Waals surface area (Å²) < 4.78 is 5.22. The molecule has 1 aliphatic rings. The molecule has 0 radical (unpaired) electrons. The lowest BCUT2D eigenvalue weighted by Crippen LogP contribution is -2.19. The Morgan fingerprint density at radius 2 is 2.12 bits per heavy atom. The number of carbonyl (C=O) groups is 1. The Labute approximate surface area is 150 Å². The van der Waals surface area contributed by atoms with Crippen molar-refractivity contribution in [2.45, 2.75) is 32.6 Å². The molecule has 0 bridgehead atoms. The van der Waals surface area contributed by atoms with Gasteiger partial charge in [0.15, 0.2) is 0 Å². The molecule has 3 rings (SSSR count). The zero-order chi connectivity index (χ0) is 18.5. The van der Waals surface area contributed by atoms with Crippen molar-refractivity contribution in [3.8, 4) is 0 Å². The summed E-state index contributed by atoms with van der Waals surface area (Å²) >= 11 is 0. The van der Waals surface area contributed by atoms with E-state index in [0.717, 1.165) is 18.4 Å². The van der Waals surface area contributed by atoms with Gasteiger partial charge in [-0.2, -0.15) is 5.10 Å². The minimum absolute atomic E-state index is 0.300. The first-order valence-electron chi connectivity index (χ1n) is 8.48. The summed E-state index contributed by atoms with van der Waals surface area (Å²) in [6.07, 6.45) is 6.12. The lowest BCUT2D eigenvalue weighted by Gasteiger charge is -2.11. The van der Waals surface area contributed by atoms with Crippen molar-refractivity contribution >= 4 is 23.6 Å². The third kappa shape index (κ3) is 4.05. The second kappa shape index (κ2) is 7.77. The molecule has 2 aromatic rings. The van der Waals surface area contributed by atoms with Gasteiger partial charge in [-0.05, 0) is 36.5 Å².